The standard InChI is InChI=1S/C12H13NO/c1-12(2)5-6-14-11-4-3-9(8-13)7-10(11)12/h3-4,7H,5-6H2,1-2H3. The summed E-state index contributed by atoms with van der Waals surface area (Å²) in [7, 11) is 0. The highest BCUT2D eigenvalue weighted by molar-refractivity contribution is 5.46. The van der Waals surface area contributed by atoms with Gasteiger partial charge in [-0.15, -0.1) is 0 Å². The minimum Gasteiger partial charge on any atom is -0.493 e. The summed E-state index contributed by atoms with van der Waals surface area (Å²) in [6.45, 7) is 5.15. The number of benzene rings is 1. The Morgan fingerprint density at radius 3 is 2.93 bits per heavy atom. The van der Waals surface area contributed by atoms with Gasteiger partial charge in [0.25, 0.3) is 0 Å². The molecule has 1 heterocycles. The SMILES string of the molecule is CC1(C)CCOc2ccc(C#N)cc21. The molecular weight excluding hydrogens is 174 g/mol. The molecule has 0 spiro atoms. The second kappa shape index (κ2) is 3.02. The van der Waals surface area contributed by atoms with Gasteiger partial charge in [-0.2, -0.15) is 5.26 Å². The van der Waals surface area contributed by atoms with Gasteiger partial charge in [0.05, 0.1) is 18.2 Å². The summed E-state index contributed by atoms with van der Waals surface area (Å²) in [6, 6.07) is 7.80. The quantitative estimate of drug-likeness (QED) is 0.625. The van der Waals surface area contributed by atoms with Gasteiger partial charge in [-0.25, -0.2) is 0 Å². The molecule has 2 rings (SSSR count). The molecule has 0 atom stereocenters. The molecule has 14 heavy (non-hydrogen) atoms. The predicted molar refractivity (Wildman–Crippen MR) is 54.3 cm³/mol. The van der Waals surface area contributed by atoms with E-state index in [-0.39, 0.29) is 5.41 Å². The molecule has 1 aliphatic heterocycles. The molecule has 0 aliphatic carbocycles. The van der Waals surface area contributed by atoms with Crippen LogP contribution >= 0.6 is 0 Å². The third kappa shape index (κ3) is 1.35. The first-order chi connectivity index (χ1) is 6.63. The number of rotatable bonds is 0. The van der Waals surface area contributed by atoms with Gasteiger partial charge in [-0.1, -0.05) is 13.8 Å². The molecule has 72 valence electrons. The van der Waals surface area contributed by atoms with E-state index in [1.165, 1.54) is 0 Å². The Hall–Kier alpha value is -1.49. The average Bonchev–Trinajstić information content (AvgIpc) is 2.17. The number of fused-ring (bicyclic) bond motifs is 1. The molecule has 0 aromatic heterocycles. The fraction of sp³-hybridized carbons (Fsp3) is 0.417. The Morgan fingerprint density at radius 1 is 1.43 bits per heavy atom. The highest BCUT2D eigenvalue weighted by atomic mass is 16.5. The lowest BCUT2D eigenvalue weighted by atomic mass is 9.79. The van der Waals surface area contributed by atoms with Gasteiger partial charge >= 0.3 is 0 Å². The Labute approximate surface area is 84.1 Å². The number of hydrogen-bond donors (Lipinski definition) is 0. The van der Waals surface area contributed by atoms with Gasteiger partial charge in [-0.3, -0.25) is 0 Å². The fourth-order valence-electron chi connectivity index (χ4n) is 1.81. The lowest BCUT2D eigenvalue weighted by Gasteiger charge is -2.32. The molecule has 2 heteroatoms. The molecule has 0 N–H and O–H groups in total. The monoisotopic (exact) mass is 187 g/mol. The molecule has 1 aromatic rings. The zero-order chi connectivity index (χ0) is 10.2. The lowest BCUT2D eigenvalue weighted by Crippen LogP contribution is -2.26. The van der Waals surface area contributed by atoms with Crippen molar-refractivity contribution in [2.75, 3.05) is 6.61 Å². The van der Waals surface area contributed by atoms with Crippen LogP contribution in [0, 0.1) is 11.3 Å². The van der Waals surface area contributed by atoms with Crippen molar-refractivity contribution in [3.63, 3.8) is 0 Å². The molecule has 0 fully saturated rings. The summed E-state index contributed by atoms with van der Waals surface area (Å²) in [5.41, 5.74) is 1.99. The number of ether oxygens (including phenoxy) is 1. The highest BCUT2D eigenvalue weighted by Crippen LogP contribution is 2.38. The van der Waals surface area contributed by atoms with Crippen LogP contribution < -0.4 is 4.74 Å². The van der Waals surface area contributed by atoms with E-state index in [2.05, 4.69) is 19.9 Å². The second-order valence-corrected chi connectivity index (χ2v) is 4.31. The van der Waals surface area contributed by atoms with Crippen LogP contribution in [0.1, 0.15) is 31.4 Å². The van der Waals surface area contributed by atoms with Crippen LogP contribution in [0.4, 0.5) is 0 Å². The lowest BCUT2D eigenvalue weighted by molar-refractivity contribution is 0.234. The smallest absolute Gasteiger partial charge is 0.123 e. The first-order valence-electron chi connectivity index (χ1n) is 4.81. The van der Waals surface area contributed by atoms with E-state index in [0.29, 0.717) is 5.56 Å². The third-order valence-electron chi connectivity index (χ3n) is 2.82. The van der Waals surface area contributed by atoms with Crippen LogP contribution in [-0.2, 0) is 5.41 Å². The molecule has 1 aliphatic rings. The summed E-state index contributed by atoms with van der Waals surface area (Å²) < 4.78 is 5.55. The van der Waals surface area contributed by atoms with Crippen LogP contribution in [0.25, 0.3) is 0 Å². The molecule has 0 radical (unpaired) electrons. The summed E-state index contributed by atoms with van der Waals surface area (Å²) in [6.07, 6.45) is 1.01. The van der Waals surface area contributed by atoms with E-state index >= 15 is 0 Å². The van der Waals surface area contributed by atoms with E-state index in [0.717, 1.165) is 24.3 Å². The molecule has 2 nitrogen and oxygen atoms in total. The normalized spacial score (nSPS) is 17.8. The molecule has 0 unspecified atom stereocenters. The first kappa shape index (κ1) is 9.08. The summed E-state index contributed by atoms with van der Waals surface area (Å²) >= 11 is 0. The molecule has 0 saturated heterocycles. The summed E-state index contributed by atoms with van der Waals surface area (Å²) in [5.74, 6) is 0.931. The van der Waals surface area contributed by atoms with Crippen LogP contribution in [-0.4, -0.2) is 6.61 Å². The van der Waals surface area contributed by atoms with Gasteiger partial charge in [-0.05, 0) is 30.0 Å². The van der Waals surface area contributed by atoms with Gasteiger partial charge in [0.2, 0.25) is 0 Å². The number of nitriles is 1. The third-order valence-corrected chi connectivity index (χ3v) is 2.82. The Bertz CT molecular complexity index is 401. The largest absolute Gasteiger partial charge is 0.493 e. The van der Waals surface area contributed by atoms with Crippen LogP contribution in [0.15, 0.2) is 18.2 Å². The summed E-state index contributed by atoms with van der Waals surface area (Å²) in [4.78, 5) is 0. The Morgan fingerprint density at radius 2 is 2.21 bits per heavy atom. The summed E-state index contributed by atoms with van der Waals surface area (Å²) in [5, 5.41) is 8.82. The Balaban J connectivity index is 2.56. The second-order valence-electron chi connectivity index (χ2n) is 4.31. The van der Waals surface area contributed by atoms with E-state index in [4.69, 9.17) is 10.00 Å². The van der Waals surface area contributed by atoms with E-state index in [1.54, 1.807) is 6.07 Å². The van der Waals surface area contributed by atoms with Gasteiger partial charge in [0.15, 0.2) is 0 Å². The minimum atomic E-state index is 0.125. The van der Waals surface area contributed by atoms with Crippen molar-refractivity contribution >= 4 is 0 Å². The highest BCUT2D eigenvalue weighted by Gasteiger charge is 2.28. The Kier molecular flexibility index (Phi) is 1.96. The maximum Gasteiger partial charge on any atom is 0.123 e. The van der Waals surface area contributed by atoms with Crippen LogP contribution in [0.2, 0.25) is 0 Å². The number of hydrogen-bond acceptors (Lipinski definition) is 2. The topological polar surface area (TPSA) is 33.0 Å². The van der Waals surface area contributed by atoms with Gasteiger partial charge in [0.1, 0.15) is 5.75 Å². The molecule has 0 amide bonds. The van der Waals surface area contributed by atoms with Crippen molar-refractivity contribution < 1.29 is 4.74 Å². The fourth-order valence-corrected chi connectivity index (χ4v) is 1.81. The van der Waals surface area contributed by atoms with Gasteiger partial charge in [0, 0.05) is 5.56 Å². The van der Waals surface area contributed by atoms with Crippen molar-refractivity contribution in [2.45, 2.75) is 25.7 Å². The zero-order valence-corrected chi connectivity index (χ0v) is 8.50. The molecule has 1 aromatic carbocycles. The predicted octanol–water partition coefficient (Wildman–Crippen LogP) is 2.62. The van der Waals surface area contributed by atoms with Crippen LogP contribution in [0.5, 0.6) is 5.75 Å². The first-order valence-corrected chi connectivity index (χ1v) is 4.81. The molecule has 0 bridgehead atoms. The van der Waals surface area contributed by atoms with E-state index in [1.807, 2.05) is 12.1 Å². The van der Waals surface area contributed by atoms with E-state index < -0.39 is 0 Å². The maximum absolute atomic E-state index is 8.82. The number of nitrogens with zero attached hydrogens (tertiary/aromatic N) is 1. The van der Waals surface area contributed by atoms with Crippen molar-refractivity contribution in [3.05, 3.63) is 29.3 Å². The van der Waals surface area contributed by atoms with Crippen molar-refractivity contribution in [1.82, 2.24) is 0 Å². The maximum atomic E-state index is 8.82. The molecular formula is C12H13NO. The van der Waals surface area contributed by atoms with E-state index in [9.17, 15) is 0 Å². The average molecular weight is 187 g/mol. The van der Waals surface area contributed by atoms with Gasteiger partial charge < -0.3 is 4.74 Å². The zero-order valence-electron chi connectivity index (χ0n) is 8.50. The molecule has 0 saturated carbocycles. The van der Waals surface area contributed by atoms with Crippen LogP contribution in [0.3, 0.4) is 0 Å². The van der Waals surface area contributed by atoms with Crippen molar-refractivity contribution in [3.8, 4) is 11.8 Å². The minimum absolute atomic E-state index is 0.125. The van der Waals surface area contributed by atoms with Crippen molar-refractivity contribution in [2.24, 2.45) is 0 Å². The van der Waals surface area contributed by atoms with Crippen molar-refractivity contribution in [1.29, 1.82) is 5.26 Å².